The predicted molar refractivity (Wildman–Crippen MR) is 87.9 cm³/mol. The van der Waals surface area contributed by atoms with Crippen LogP contribution in [0.4, 0.5) is 22.4 Å². The number of amides is 2. The summed E-state index contributed by atoms with van der Waals surface area (Å²) < 4.78 is 58.3. The second kappa shape index (κ2) is 7.30. The molecule has 150 valence electrons. The molecule has 2 atom stereocenters. The molecular weight excluding hydrogens is 408 g/mol. The molecule has 1 unspecified atom stereocenters. The third-order valence-electron chi connectivity index (χ3n) is 4.04. The van der Waals surface area contributed by atoms with E-state index in [1.165, 1.54) is 19.2 Å². The van der Waals surface area contributed by atoms with E-state index in [1.807, 2.05) is 0 Å². The summed E-state index contributed by atoms with van der Waals surface area (Å²) in [5, 5.41) is 7.94. The van der Waals surface area contributed by atoms with Crippen molar-refractivity contribution in [3.05, 3.63) is 52.1 Å². The smallest absolute Gasteiger partial charge is 0.434 e. The van der Waals surface area contributed by atoms with Gasteiger partial charge in [0.15, 0.2) is 11.8 Å². The highest BCUT2D eigenvalue weighted by Gasteiger charge is 2.37. The Morgan fingerprint density at radius 2 is 2.14 bits per heavy atom. The first kappa shape index (κ1) is 19.9. The van der Waals surface area contributed by atoms with Gasteiger partial charge >= 0.3 is 12.3 Å². The van der Waals surface area contributed by atoms with Gasteiger partial charge < -0.3 is 15.4 Å². The van der Waals surface area contributed by atoms with Gasteiger partial charge in [-0.25, -0.2) is 9.18 Å². The fourth-order valence-electron chi connectivity index (χ4n) is 2.68. The third-order valence-corrected chi connectivity index (χ3v) is 4.33. The molecular formula is C16H13ClF4N4O3. The molecule has 7 nitrogen and oxygen atoms in total. The van der Waals surface area contributed by atoms with Crippen LogP contribution in [0.15, 0.2) is 24.3 Å². The minimum Gasteiger partial charge on any atom is -0.434 e. The van der Waals surface area contributed by atoms with Crippen molar-refractivity contribution >= 4 is 23.6 Å². The number of hydrogen-bond acceptors (Lipinski definition) is 4. The summed E-state index contributed by atoms with van der Waals surface area (Å²) in [5.41, 5.74) is -0.971. The number of carbonyl (C=O) groups excluding carboxylic acids is 2. The molecule has 1 aromatic heterocycles. The number of aromatic nitrogens is 2. The SMILES string of the molecule is Cn1nc(C(F)(F)F)cc1C(NC(=O)[C@@H]1CNC(=O)O1)c1ccc(F)c(Cl)c1. The lowest BCUT2D eigenvalue weighted by Crippen LogP contribution is -2.40. The molecule has 0 radical (unpaired) electrons. The van der Waals surface area contributed by atoms with Gasteiger partial charge in [0.05, 0.1) is 23.3 Å². The lowest BCUT2D eigenvalue weighted by molar-refractivity contribution is -0.141. The highest BCUT2D eigenvalue weighted by Crippen LogP contribution is 2.32. The van der Waals surface area contributed by atoms with E-state index in [9.17, 15) is 27.2 Å². The number of aryl methyl sites for hydroxylation is 1. The van der Waals surface area contributed by atoms with Crippen molar-refractivity contribution in [1.29, 1.82) is 0 Å². The Labute approximate surface area is 160 Å². The first-order valence-electron chi connectivity index (χ1n) is 7.87. The Bertz CT molecular complexity index is 931. The second-order valence-electron chi connectivity index (χ2n) is 5.97. The highest BCUT2D eigenvalue weighted by molar-refractivity contribution is 6.30. The highest BCUT2D eigenvalue weighted by atomic mass is 35.5. The number of alkyl halides is 3. The average Bonchev–Trinajstić information content (AvgIpc) is 3.21. The molecule has 2 heterocycles. The predicted octanol–water partition coefficient (Wildman–Crippen LogP) is 2.55. The number of carbonyl (C=O) groups is 2. The fourth-order valence-corrected chi connectivity index (χ4v) is 2.87. The van der Waals surface area contributed by atoms with E-state index in [2.05, 4.69) is 15.7 Å². The van der Waals surface area contributed by atoms with Crippen molar-refractivity contribution < 1.29 is 31.9 Å². The summed E-state index contributed by atoms with van der Waals surface area (Å²) in [7, 11) is 1.27. The van der Waals surface area contributed by atoms with Crippen molar-refractivity contribution in [2.24, 2.45) is 7.05 Å². The van der Waals surface area contributed by atoms with Crippen molar-refractivity contribution in [3.8, 4) is 0 Å². The number of nitrogens with zero attached hydrogens (tertiary/aromatic N) is 2. The zero-order chi connectivity index (χ0) is 20.6. The Morgan fingerprint density at radius 3 is 2.68 bits per heavy atom. The number of nitrogens with one attached hydrogen (secondary N) is 2. The number of rotatable bonds is 4. The van der Waals surface area contributed by atoms with Crippen molar-refractivity contribution in [3.63, 3.8) is 0 Å². The number of alkyl carbamates (subject to hydrolysis) is 1. The maximum Gasteiger partial charge on any atom is 0.435 e. The molecule has 1 aliphatic rings. The Morgan fingerprint density at radius 1 is 1.43 bits per heavy atom. The first-order chi connectivity index (χ1) is 13.1. The lowest BCUT2D eigenvalue weighted by atomic mass is 10.0. The summed E-state index contributed by atoms with van der Waals surface area (Å²) in [6, 6.07) is 3.08. The molecule has 28 heavy (non-hydrogen) atoms. The van der Waals surface area contributed by atoms with E-state index in [0.717, 1.165) is 16.8 Å². The topological polar surface area (TPSA) is 85.3 Å². The lowest BCUT2D eigenvalue weighted by Gasteiger charge is -2.21. The van der Waals surface area contributed by atoms with E-state index in [0.29, 0.717) is 0 Å². The van der Waals surface area contributed by atoms with Crippen LogP contribution in [0.25, 0.3) is 0 Å². The zero-order valence-corrected chi connectivity index (χ0v) is 14.9. The molecule has 12 heteroatoms. The van der Waals surface area contributed by atoms with Crippen LogP contribution in [0, 0.1) is 5.82 Å². The molecule has 1 fully saturated rings. The first-order valence-corrected chi connectivity index (χ1v) is 8.25. The second-order valence-corrected chi connectivity index (χ2v) is 6.37. The van der Waals surface area contributed by atoms with Crippen LogP contribution in [-0.2, 0) is 22.8 Å². The van der Waals surface area contributed by atoms with Crippen molar-refractivity contribution in [2.75, 3.05) is 6.54 Å². The molecule has 2 amide bonds. The zero-order valence-electron chi connectivity index (χ0n) is 14.2. The molecule has 0 aliphatic carbocycles. The van der Waals surface area contributed by atoms with Gasteiger partial charge in [0.1, 0.15) is 5.82 Å². The summed E-state index contributed by atoms with van der Waals surface area (Å²) in [4.78, 5) is 23.5. The summed E-state index contributed by atoms with van der Waals surface area (Å²) in [6.07, 6.45) is -6.65. The van der Waals surface area contributed by atoms with Crippen molar-refractivity contribution in [1.82, 2.24) is 20.4 Å². The van der Waals surface area contributed by atoms with Crippen molar-refractivity contribution in [2.45, 2.75) is 18.3 Å². The molecule has 2 N–H and O–H groups in total. The summed E-state index contributed by atoms with van der Waals surface area (Å²) in [5.74, 6) is -1.48. The van der Waals surface area contributed by atoms with Crippen LogP contribution < -0.4 is 10.6 Å². The van der Waals surface area contributed by atoms with Gasteiger partial charge in [-0.15, -0.1) is 0 Å². The number of benzene rings is 1. The standard InChI is InChI=1S/C16H13ClF4N4O3/c1-25-10(5-12(24-25)16(19,20)21)13(7-2-3-9(18)8(17)4-7)23-14(26)11-6-22-15(27)28-11/h2-5,11,13H,6H2,1H3,(H,22,27)(H,23,26)/t11-,13?/m0/s1. The quantitative estimate of drug-likeness (QED) is 0.744. The third kappa shape index (κ3) is 4.03. The van der Waals surface area contributed by atoms with E-state index in [-0.39, 0.29) is 22.8 Å². The van der Waals surface area contributed by atoms with Gasteiger partial charge in [-0.1, -0.05) is 17.7 Å². The van der Waals surface area contributed by atoms with Crippen LogP contribution in [0.2, 0.25) is 5.02 Å². The maximum absolute atomic E-state index is 13.5. The average molecular weight is 421 g/mol. The Hall–Kier alpha value is -2.82. The number of halogens is 5. The monoisotopic (exact) mass is 420 g/mol. The van der Waals surface area contributed by atoms with Gasteiger partial charge in [0.2, 0.25) is 0 Å². The molecule has 1 aliphatic heterocycles. The van der Waals surface area contributed by atoms with Gasteiger partial charge in [-0.3, -0.25) is 9.48 Å². The normalized spacial score (nSPS) is 17.8. The molecule has 1 aromatic carbocycles. The minimum atomic E-state index is -4.70. The summed E-state index contributed by atoms with van der Waals surface area (Å²) >= 11 is 5.78. The Kier molecular flexibility index (Phi) is 5.20. The number of ether oxygens (including phenoxy) is 1. The van der Waals surface area contributed by atoms with Crippen LogP contribution in [0.1, 0.15) is 23.0 Å². The van der Waals surface area contributed by atoms with Gasteiger partial charge in [0, 0.05) is 7.05 Å². The van der Waals surface area contributed by atoms with E-state index in [1.54, 1.807) is 0 Å². The molecule has 0 spiro atoms. The maximum atomic E-state index is 13.5. The summed E-state index contributed by atoms with van der Waals surface area (Å²) in [6.45, 7) is -0.0965. The van der Waals surface area contributed by atoms with E-state index < -0.39 is 41.8 Å². The van der Waals surface area contributed by atoms with Gasteiger partial charge in [-0.05, 0) is 23.8 Å². The van der Waals surface area contributed by atoms with Gasteiger partial charge in [0.25, 0.3) is 5.91 Å². The van der Waals surface area contributed by atoms with E-state index >= 15 is 0 Å². The molecule has 2 aromatic rings. The number of cyclic esters (lactones) is 1. The minimum absolute atomic E-state index is 0.0272. The molecule has 0 bridgehead atoms. The molecule has 0 saturated carbocycles. The molecule has 3 rings (SSSR count). The van der Waals surface area contributed by atoms with Gasteiger partial charge in [-0.2, -0.15) is 18.3 Å². The molecule has 1 saturated heterocycles. The van der Waals surface area contributed by atoms with E-state index in [4.69, 9.17) is 16.3 Å². The number of hydrogen-bond donors (Lipinski definition) is 2. The fraction of sp³-hybridized carbons (Fsp3) is 0.312. The Balaban J connectivity index is 1.99. The van der Waals surface area contributed by atoms with Crippen LogP contribution in [-0.4, -0.2) is 34.4 Å². The largest absolute Gasteiger partial charge is 0.435 e. The van der Waals surface area contributed by atoms with Crippen LogP contribution in [0.3, 0.4) is 0 Å². The van der Waals surface area contributed by atoms with Crippen LogP contribution in [0.5, 0.6) is 0 Å². The van der Waals surface area contributed by atoms with Crippen LogP contribution >= 0.6 is 11.6 Å².